The van der Waals surface area contributed by atoms with Crippen molar-refractivity contribution in [1.82, 2.24) is 19.2 Å². The minimum Gasteiger partial charge on any atom is -0.494 e. The normalized spacial score (nSPS) is 15.7. The first kappa shape index (κ1) is 28.0. The average Bonchev–Trinajstić information content (AvgIpc) is 2.97. The lowest BCUT2D eigenvalue weighted by atomic mass is 10.1. The van der Waals surface area contributed by atoms with Crippen LogP contribution in [0, 0.1) is 6.92 Å². The van der Waals surface area contributed by atoms with E-state index in [1.807, 2.05) is 36.4 Å². The van der Waals surface area contributed by atoms with Crippen molar-refractivity contribution in [2.24, 2.45) is 0 Å². The molecule has 0 spiro atoms. The van der Waals surface area contributed by atoms with E-state index >= 15 is 0 Å². The minimum atomic E-state index is -3.58. The Kier molecular flexibility index (Phi) is 8.63. The molecule has 0 radical (unpaired) electrons. The van der Waals surface area contributed by atoms with E-state index in [2.05, 4.69) is 43.1 Å². The number of aryl methyl sites for hydroxylation is 1. The van der Waals surface area contributed by atoms with Crippen molar-refractivity contribution in [2.75, 3.05) is 38.1 Å². The molecule has 5 rings (SSSR count). The SMILES string of the molecule is CCCCOc1ccc(S(=O)(=O)N2CCN([C@@H](C)c3nc(Nc4cccc(C)c4)c4ccccc4n3)CC2)cc1. The maximum Gasteiger partial charge on any atom is 0.243 e. The minimum absolute atomic E-state index is 0.0768. The molecule has 8 nitrogen and oxygen atoms in total. The number of nitrogens with one attached hydrogen (secondary N) is 1. The van der Waals surface area contributed by atoms with Crippen molar-refractivity contribution in [3.8, 4) is 5.75 Å². The quantitative estimate of drug-likeness (QED) is 0.241. The Morgan fingerprint density at radius 2 is 1.70 bits per heavy atom. The highest BCUT2D eigenvalue weighted by molar-refractivity contribution is 7.89. The van der Waals surface area contributed by atoms with E-state index in [9.17, 15) is 8.42 Å². The molecule has 1 atom stereocenters. The van der Waals surface area contributed by atoms with Crippen LogP contribution in [0.15, 0.2) is 77.7 Å². The van der Waals surface area contributed by atoms with Gasteiger partial charge in [0, 0.05) is 37.3 Å². The summed E-state index contributed by atoms with van der Waals surface area (Å²) >= 11 is 0. The largest absolute Gasteiger partial charge is 0.494 e. The van der Waals surface area contributed by atoms with Crippen LogP contribution in [0.4, 0.5) is 11.5 Å². The van der Waals surface area contributed by atoms with Crippen molar-refractivity contribution in [3.05, 3.63) is 84.2 Å². The summed E-state index contributed by atoms with van der Waals surface area (Å²) in [5.74, 6) is 2.17. The molecule has 1 saturated heterocycles. The van der Waals surface area contributed by atoms with Crippen LogP contribution in [0.3, 0.4) is 0 Å². The highest BCUT2D eigenvalue weighted by Crippen LogP contribution is 2.29. The fourth-order valence-electron chi connectivity index (χ4n) is 4.92. The van der Waals surface area contributed by atoms with Crippen LogP contribution >= 0.6 is 0 Å². The zero-order chi connectivity index (χ0) is 28.1. The Morgan fingerprint density at radius 3 is 2.42 bits per heavy atom. The summed E-state index contributed by atoms with van der Waals surface area (Å²) in [6.07, 6.45) is 2.02. The molecule has 9 heteroatoms. The van der Waals surface area contributed by atoms with E-state index in [1.165, 1.54) is 5.56 Å². The molecule has 0 aliphatic carbocycles. The van der Waals surface area contributed by atoms with E-state index in [-0.39, 0.29) is 6.04 Å². The number of nitrogens with zero attached hydrogens (tertiary/aromatic N) is 4. The molecule has 1 aliphatic rings. The van der Waals surface area contributed by atoms with Crippen LogP contribution in [-0.2, 0) is 10.0 Å². The molecule has 4 aromatic rings. The van der Waals surface area contributed by atoms with Gasteiger partial charge in [-0.3, -0.25) is 4.90 Å². The number of unbranched alkanes of at least 4 members (excludes halogenated alkanes) is 1. The van der Waals surface area contributed by atoms with Gasteiger partial charge in [0.1, 0.15) is 17.4 Å². The third kappa shape index (κ3) is 6.27. The number of ether oxygens (including phenoxy) is 1. The second-order valence-corrected chi connectivity index (χ2v) is 12.2. The van der Waals surface area contributed by atoms with Gasteiger partial charge < -0.3 is 10.1 Å². The number of fused-ring (bicyclic) bond motifs is 1. The molecular formula is C31H37N5O3S. The summed E-state index contributed by atoms with van der Waals surface area (Å²) in [4.78, 5) is 12.4. The first-order valence-electron chi connectivity index (χ1n) is 13.9. The first-order chi connectivity index (χ1) is 19.3. The number of benzene rings is 3. The number of para-hydroxylation sites is 1. The molecule has 1 N–H and O–H groups in total. The number of rotatable bonds is 10. The van der Waals surface area contributed by atoms with Crippen LogP contribution in [0.2, 0.25) is 0 Å². The van der Waals surface area contributed by atoms with Crippen molar-refractivity contribution < 1.29 is 13.2 Å². The maximum atomic E-state index is 13.3. The molecule has 210 valence electrons. The summed E-state index contributed by atoms with van der Waals surface area (Å²) < 4.78 is 33.9. The van der Waals surface area contributed by atoms with Gasteiger partial charge in [-0.05, 0) is 74.4 Å². The van der Waals surface area contributed by atoms with Gasteiger partial charge in [0.25, 0.3) is 0 Å². The van der Waals surface area contributed by atoms with Gasteiger partial charge >= 0.3 is 0 Å². The molecule has 0 amide bonds. The number of anilines is 2. The van der Waals surface area contributed by atoms with E-state index < -0.39 is 10.0 Å². The molecular weight excluding hydrogens is 522 g/mol. The van der Waals surface area contributed by atoms with Crippen LogP contribution in [-0.4, -0.2) is 60.4 Å². The van der Waals surface area contributed by atoms with E-state index in [0.29, 0.717) is 49.3 Å². The summed E-state index contributed by atoms with van der Waals surface area (Å²) in [5.41, 5.74) is 3.01. The van der Waals surface area contributed by atoms with Gasteiger partial charge in [-0.2, -0.15) is 4.31 Å². The lowest BCUT2D eigenvalue weighted by Crippen LogP contribution is -2.49. The lowest BCUT2D eigenvalue weighted by Gasteiger charge is -2.36. The van der Waals surface area contributed by atoms with E-state index in [4.69, 9.17) is 14.7 Å². The van der Waals surface area contributed by atoms with Crippen LogP contribution in [0.5, 0.6) is 5.75 Å². The van der Waals surface area contributed by atoms with Crippen LogP contribution in [0.25, 0.3) is 10.9 Å². The van der Waals surface area contributed by atoms with Gasteiger partial charge in [0.15, 0.2) is 0 Å². The highest BCUT2D eigenvalue weighted by Gasteiger charge is 2.31. The predicted molar refractivity (Wildman–Crippen MR) is 160 cm³/mol. The number of hydrogen-bond donors (Lipinski definition) is 1. The number of hydrogen-bond acceptors (Lipinski definition) is 7. The number of piperazine rings is 1. The van der Waals surface area contributed by atoms with Gasteiger partial charge in [0.05, 0.1) is 23.1 Å². The van der Waals surface area contributed by atoms with Gasteiger partial charge in [-0.15, -0.1) is 0 Å². The number of aromatic nitrogens is 2. The first-order valence-corrected chi connectivity index (χ1v) is 15.4. The zero-order valence-electron chi connectivity index (χ0n) is 23.4. The van der Waals surface area contributed by atoms with Gasteiger partial charge in [-0.1, -0.05) is 37.6 Å². The predicted octanol–water partition coefficient (Wildman–Crippen LogP) is 5.93. The molecule has 1 aromatic heterocycles. The zero-order valence-corrected chi connectivity index (χ0v) is 24.2. The van der Waals surface area contributed by atoms with Crippen molar-refractivity contribution in [1.29, 1.82) is 0 Å². The molecule has 0 unspecified atom stereocenters. The molecule has 3 aromatic carbocycles. The Balaban J connectivity index is 1.29. The molecule has 0 saturated carbocycles. The second kappa shape index (κ2) is 12.3. The van der Waals surface area contributed by atoms with Crippen molar-refractivity contribution >= 4 is 32.4 Å². The van der Waals surface area contributed by atoms with E-state index in [1.54, 1.807) is 28.6 Å². The maximum absolute atomic E-state index is 13.3. The third-order valence-corrected chi connectivity index (χ3v) is 9.24. The summed E-state index contributed by atoms with van der Waals surface area (Å²) in [7, 11) is -3.58. The highest BCUT2D eigenvalue weighted by atomic mass is 32.2. The summed E-state index contributed by atoms with van der Waals surface area (Å²) in [6, 6.07) is 22.9. The molecule has 2 heterocycles. The molecule has 40 heavy (non-hydrogen) atoms. The monoisotopic (exact) mass is 559 g/mol. The molecule has 1 fully saturated rings. The number of sulfonamides is 1. The fraction of sp³-hybridized carbons (Fsp3) is 0.355. The Bertz CT molecular complexity index is 1550. The van der Waals surface area contributed by atoms with Gasteiger partial charge in [0.2, 0.25) is 10.0 Å². The fourth-order valence-corrected chi connectivity index (χ4v) is 6.34. The summed E-state index contributed by atoms with van der Waals surface area (Å²) in [5, 5.41) is 4.44. The Labute approximate surface area is 237 Å². The Morgan fingerprint density at radius 1 is 0.950 bits per heavy atom. The smallest absolute Gasteiger partial charge is 0.243 e. The Hall–Kier alpha value is -3.53. The standard InChI is InChI=1S/C31H37N5O3S/c1-4-5-21-39-26-13-15-27(16-14-26)40(37,38)36-19-17-35(18-20-36)24(3)30-33-29-12-7-6-11-28(29)31(34-30)32-25-10-8-9-23(2)22-25/h6-16,22,24H,4-5,17-21H2,1-3H3,(H,32,33,34)/t24-/m0/s1. The average molecular weight is 560 g/mol. The molecule has 1 aliphatic heterocycles. The van der Waals surface area contributed by atoms with Crippen molar-refractivity contribution in [3.63, 3.8) is 0 Å². The molecule has 0 bridgehead atoms. The van der Waals surface area contributed by atoms with E-state index in [0.717, 1.165) is 35.2 Å². The van der Waals surface area contributed by atoms with Crippen molar-refractivity contribution in [2.45, 2.75) is 44.6 Å². The third-order valence-electron chi connectivity index (χ3n) is 7.32. The van der Waals surface area contributed by atoms with Crippen LogP contribution < -0.4 is 10.1 Å². The van der Waals surface area contributed by atoms with Gasteiger partial charge in [-0.25, -0.2) is 18.4 Å². The summed E-state index contributed by atoms with van der Waals surface area (Å²) in [6.45, 7) is 8.89. The topological polar surface area (TPSA) is 87.7 Å². The van der Waals surface area contributed by atoms with Crippen LogP contribution in [0.1, 0.15) is 44.1 Å². The lowest BCUT2D eigenvalue weighted by molar-refractivity contribution is 0.141. The second-order valence-electron chi connectivity index (χ2n) is 10.2.